The molecule has 0 aromatic carbocycles. The predicted molar refractivity (Wildman–Crippen MR) is 85.4 cm³/mol. The van der Waals surface area contributed by atoms with E-state index < -0.39 is 0 Å². The Balaban J connectivity index is 1.30. The van der Waals surface area contributed by atoms with Crippen molar-refractivity contribution in [3.63, 3.8) is 0 Å². The fourth-order valence-electron chi connectivity index (χ4n) is 3.60. The minimum absolute atomic E-state index is 0.538. The third kappa shape index (κ3) is 4.31. The van der Waals surface area contributed by atoms with E-state index in [4.69, 9.17) is 4.74 Å². The second-order valence-corrected chi connectivity index (χ2v) is 7.18. The van der Waals surface area contributed by atoms with Crippen molar-refractivity contribution < 1.29 is 4.74 Å². The van der Waals surface area contributed by atoms with E-state index >= 15 is 0 Å². The molecule has 0 spiro atoms. The van der Waals surface area contributed by atoms with Crippen LogP contribution in [0.1, 0.15) is 44.1 Å². The number of hydrogen-bond donors (Lipinski definition) is 0. The van der Waals surface area contributed by atoms with Crippen molar-refractivity contribution >= 4 is 11.3 Å². The molecule has 0 unspecified atom stereocenters. The van der Waals surface area contributed by atoms with Gasteiger partial charge in [-0.05, 0) is 86.3 Å². The van der Waals surface area contributed by atoms with Crippen LogP contribution in [-0.4, -0.2) is 37.2 Å². The van der Waals surface area contributed by atoms with Gasteiger partial charge in [-0.3, -0.25) is 0 Å². The lowest BCUT2D eigenvalue weighted by atomic mass is 9.84. The monoisotopic (exact) mass is 293 g/mol. The van der Waals surface area contributed by atoms with Crippen LogP contribution in [0, 0.1) is 5.92 Å². The van der Waals surface area contributed by atoms with Gasteiger partial charge in [-0.2, -0.15) is 11.3 Å². The summed E-state index contributed by atoms with van der Waals surface area (Å²) < 4.78 is 6.09. The topological polar surface area (TPSA) is 12.5 Å². The Kier molecular flexibility index (Phi) is 5.51. The molecule has 1 saturated carbocycles. The zero-order valence-corrected chi connectivity index (χ0v) is 13.2. The van der Waals surface area contributed by atoms with E-state index in [1.54, 1.807) is 0 Å². The Bertz CT molecular complexity index is 364. The number of nitrogens with zero attached hydrogens (tertiary/aromatic N) is 1. The highest BCUT2D eigenvalue weighted by Crippen LogP contribution is 2.29. The Labute approximate surface area is 127 Å². The average Bonchev–Trinajstić information content (AvgIpc) is 3.14. The zero-order valence-electron chi connectivity index (χ0n) is 12.4. The molecule has 0 radical (unpaired) electrons. The summed E-state index contributed by atoms with van der Waals surface area (Å²) in [6, 6.07) is 2.28. The molecular weight excluding hydrogens is 266 g/mol. The van der Waals surface area contributed by atoms with Gasteiger partial charge in [0.25, 0.3) is 0 Å². The summed E-state index contributed by atoms with van der Waals surface area (Å²) in [5.41, 5.74) is 1.54. The molecule has 20 heavy (non-hydrogen) atoms. The summed E-state index contributed by atoms with van der Waals surface area (Å²) in [6.07, 6.45) is 9.83. The Morgan fingerprint density at radius 1 is 1.15 bits per heavy atom. The molecule has 2 nitrogen and oxygen atoms in total. The largest absolute Gasteiger partial charge is 0.377 e. The first kappa shape index (κ1) is 14.6. The normalized spacial score (nSPS) is 28.0. The fraction of sp³-hybridized carbons (Fsp3) is 0.765. The van der Waals surface area contributed by atoms with Crippen molar-refractivity contribution in [1.82, 2.24) is 4.90 Å². The van der Waals surface area contributed by atoms with E-state index in [2.05, 4.69) is 21.7 Å². The highest BCUT2D eigenvalue weighted by atomic mass is 32.1. The first-order valence-electron chi connectivity index (χ1n) is 8.25. The molecule has 2 heterocycles. The maximum absolute atomic E-state index is 6.09. The molecule has 3 heteroatoms. The molecule has 2 aliphatic rings. The lowest BCUT2D eigenvalue weighted by Gasteiger charge is -2.29. The molecule has 1 aliphatic carbocycles. The van der Waals surface area contributed by atoms with Crippen molar-refractivity contribution in [2.24, 2.45) is 5.92 Å². The van der Waals surface area contributed by atoms with Gasteiger partial charge >= 0.3 is 0 Å². The maximum atomic E-state index is 6.09. The first-order chi connectivity index (χ1) is 9.90. The number of ether oxygens (including phenoxy) is 1. The molecule has 0 bridgehead atoms. The summed E-state index contributed by atoms with van der Waals surface area (Å²) in [5.74, 6) is 0.892. The number of hydrogen-bond acceptors (Lipinski definition) is 3. The number of thiophene rings is 1. The minimum Gasteiger partial charge on any atom is -0.377 e. The summed E-state index contributed by atoms with van der Waals surface area (Å²) in [4.78, 5) is 2.54. The van der Waals surface area contributed by atoms with Gasteiger partial charge in [0.2, 0.25) is 0 Å². The van der Waals surface area contributed by atoms with Gasteiger partial charge in [0.15, 0.2) is 0 Å². The second-order valence-electron chi connectivity index (χ2n) is 6.40. The molecule has 0 atom stereocenters. The van der Waals surface area contributed by atoms with E-state index in [9.17, 15) is 0 Å². The lowest BCUT2D eigenvalue weighted by Crippen LogP contribution is -2.28. The number of rotatable bonds is 6. The van der Waals surface area contributed by atoms with Crippen LogP contribution >= 0.6 is 11.3 Å². The van der Waals surface area contributed by atoms with E-state index in [1.807, 2.05) is 11.3 Å². The molecule has 1 aromatic rings. The van der Waals surface area contributed by atoms with Crippen molar-refractivity contribution in [2.45, 2.75) is 51.0 Å². The van der Waals surface area contributed by atoms with Crippen LogP contribution in [0.15, 0.2) is 16.8 Å². The molecule has 1 aromatic heterocycles. The van der Waals surface area contributed by atoms with Gasteiger partial charge in [-0.15, -0.1) is 0 Å². The second kappa shape index (κ2) is 7.58. The van der Waals surface area contributed by atoms with Gasteiger partial charge in [-0.25, -0.2) is 0 Å². The highest BCUT2D eigenvalue weighted by Gasteiger charge is 2.22. The SMILES string of the molecule is c1cc(CC2CCC(OCCN3CCCC3)CC2)cs1. The zero-order chi connectivity index (χ0) is 13.6. The van der Waals surface area contributed by atoms with Gasteiger partial charge in [0.1, 0.15) is 0 Å². The summed E-state index contributed by atoms with van der Waals surface area (Å²) in [6.45, 7) is 4.67. The summed E-state index contributed by atoms with van der Waals surface area (Å²) in [7, 11) is 0. The van der Waals surface area contributed by atoms with Crippen molar-refractivity contribution in [3.8, 4) is 0 Å². The standard InChI is InChI=1S/C17H27NOS/c1-2-9-18(8-1)10-11-19-17-5-3-15(4-6-17)13-16-7-12-20-14-16/h7,12,14-15,17H,1-6,8-11,13H2. The molecule has 2 fully saturated rings. The quantitative estimate of drug-likeness (QED) is 0.787. The molecule has 1 saturated heterocycles. The molecular formula is C17H27NOS. The highest BCUT2D eigenvalue weighted by molar-refractivity contribution is 7.07. The van der Waals surface area contributed by atoms with Gasteiger partial charge in [0, 0.05) is 6.54 Å². The van der Waals surface area contributed by atoms with Gasteiger partial charge in [-0.1, -0.05) is 0 Å². The van der Waals surface area contributed by atoms with Crippen LogP contribution in [0.2, 0.25) is 0 Å². The Morgan fingerprint density at radius 2 is 1.95 bits per heavy atom. The van der Waals surface area contributed by atoms with Crippen molar-refractivity contribution in [2.75, 3.05) is 26.2 Å². The molecule has 3 rings (SSSR count). The molecule has 112 valence electrons. The predicted octanol–water partition coefficient (Wildman–Crippen LogP) is 3.96. The van der Waals surface area contributed by atoms with Crippen molar-refractivity contribution in [3.05, 3.63) is 22.4 Å². The van der Waals surface area contributed by atoms with Crippen LogP contribution in [-0.2, 0) is 11.2 Å². The van der Waals surface area contributed by atoms with Crippen molar-refractivity contribution in [1.29, 1.82) is 0 Å². The van der Waals surface area contributed by atoms with Crippen LogP contribution < -0.4 is 0 Å². The summed E-state index contributed by atoms with van der Waals surface area (Å²) in [5, 5.41) is 4.50. The van der Waals surface area contributed by atoms with Crippen LogP contribution in [0.4, 0.5) is 0 Å². The average molecular weight is 293 g/mol. The third-order valence-corrected chi connectivity index (χ3v) is 5.59. The van der Waals surface area contributed by atoms with E-state index in [0.29, 0.717) is 6.10 Å². The lowest BCUT2D eigenvalue weighted by molar-refractivity contribution is 0.00962. The summed E-state index contributed by atoms with van der Waals surface area (Å²) >= 11 is 1.82. The fourth-order valence-corrected chi connectivity index (χ4v) is 4.28. The molecule has 0 amide bonds. The van der Waals surface area contributed by atoms with E-state index in [1.165, 1.54) is 63.6 Å². The Morgan fingerprint density at radius 3 is 2.65 bits per heavy atom. The van der Waals surface area contributed by atoms with E-state index in [0.717, 1.165) is 19.1 Å². The Hall–Kier alpha value is -0.380. The molecule has 0 N–H and O–H groups in total. The number of likely N-dealkylation sites (tertiary alicyclic amines) is 1. The third-order valence-electron chi connectivity index (χ3n) is 4.86. The first-order valence-corrected chi connectivity index (χ1v) is 9.19. The van der Waals surface area contributed by atoms with Crippen LogP contribution in [0.3, 0.4) is 0 Å². The van der Waals surface area contributed by atoms with E-state index in [-0.39, 0.29) is 0 Å². The van der Waals surface area contributed by atoms with Crippen LogP contribution in [0.25, 0.3) is 0 Å². The van der Waals surface area contributed by atoms with Gasteiger partial charge in [0.05, 0.1) is 12.7 Å². The van der Waals surface area contributed by atoms with Gasteiger partial charge < -0.3 is 9.64 Å². The molecule has 1 aliphatic heterocycles. The minimum atomic E-state index is 0.538. The maximum Gasteiger partial charge on any atom is 0.0597 e. The van der Waals surface area contributed by atoms with Crippen LogP contribution in [0.5, 0.6) is 0 Å². The smallest absolute Gasteiger partial charge is 0.0597 e.